The van der Waals surface area contributed by atoms with Gasteiger partial charge < -0.3 is 0 Å². The molecule has 0 aromatic rings. The number of piperidine rings is 1. The third-order valence-corrected chi connectivity index (χ3v) is 5.88. The molecule has 2 saturated heterocycles. The summed E-state index contributed by atoms with van der Waals surface area (Å²) in [4.78, 5) is 28.2. The predicted octanol–water partition coefficient (Wildman–Crippen LogP) is 2.77. The van der Waals surface area contributed by atoms with Gasteiger partial charge in [-0.1, -0.05) is 0 Å². The van der Waals surface area contributed by atoms with E-state index in [2.05, 4.69) is 23.5 Å². The van der Waals surface area contributed by atoms with Gasteiger partial charge in [0.05, 0.1) is 0 Å². The van der Waals surface area contributed by atoms with Crippen molar-refractivity contribution >= 4 is 35.2 Å². The van der Waals surface area contributed by atoms with Crippen molar-refractivity contribution in [3.8, 4) is 0 Å². The number of aliphatic carboxylic acids is 1. The Balaban J connectivity index is 2.25. The van der Waals surface area contributed by atoms with Crippen LogP contribution in [-0.4, -0.2) is 46.6 Å². The van der Waals surface area contributed by atoms with Gasteiger partial charge in [-0.25, -0.2) is 0 Å². The number of fused-ring (bicyclic) bond motifs is 1. The van der Waals surface area contributed by atoms with Crippen LogP contribution in [0, 0.1) is 5.92 Å². The normalized spacial score (nSPS) is 31.6. The molecular formula is C10H14N5O3P3. The first-order valence-electron chi connectivity index (χ1n) is 6.45. The standard InChI is InChI=1S/C10H14N5O3P3/c11-14-12-4-5-3-6-1-2-7(10(17)18)15(6)9(16)8(5)13-20-21-19/h5-8,13H,1-4H2,(H,17,18)/t5-,6-,7-,8+/m0/s1. The average Bonchev–Trinajstić information content (AvgIpc) is 2.88. The second kappa shape index (κ2) is 7.58. The van der Waals surface area contributed by atoms with E-state index < -0.39 is 18.1 Å². The molecule has 0 unspecified atom stereocenters. The molecule has 2 N–H and O–H groups in total. The van der Waals surface area contributed by atoms with Crippen LogP contribution < -0.4 is 5.09 Å². The molecule has 21 heavy (non-hydrogen) atoms. The molecule has 0 aliphatic carbocycles. The van der Waals surface area contributed by atoms with Crippen molar-refractivity contribution in [2.75, 3.05) is 6.54 Å². The third kappa shape index (κ3) is 3.59. The maximum atomic E-state index is 12.6. The van der Waals surface area contributed by atoms with E-state index >= 15 is 0 Å². The fourth-order valence-electron chi connectivity index (χ4n) is 3.11. The van der Waals surface area contributed by atoms with Gasteiger partial charge in [0.1, 0.15) is 0 Å². The van der Waals surface area contributed by atoms with Crippen molar-refractivity contribution in [2.24, 2.45) is 11.0 Å². The van der Waals surface area contributed by atoms with Crippen molar-refractivity contribution in [1.29, 1.82) is 0 Å². The summed E-state index contributed by atoms with van der Waals surface area (Å²) >= 11 is 0. The molecule has 2 aliphatic rings. The Morgan fingerprint density at radius 1 is 1.62 bits per heavy atom. The number of rotatable bonds is 5. The van der Waals surface area contributed by atoms with Crippen LogP contribution in [0.15, 0.2) is 5.11 Å². The van der Waals surface area contributed by atoms with Crippen LogP contribution in [-0.2, 0) is 9.59 Å². The van der Waals surface area contributed by atoms with Crippen molar-refractivity contribution in [3.05, 3.63) is 10.4 Å². The summed E-state index contributed by atoms with van der Waals surface area (Å²) < 4.78 is 0. The Morgan fingerprint density at radius 2 is 2.38 bits per heavy atom. The molecule has 112 valence electrons. The molecule has 2 heterocycles. The molecule has 2 aliphatic heterocycles. The van der Waals surface area contributed by atoms with Crippen molar-refractivity contribution < 1.29 is 14.7 Å². The quantitative estimate of drug-likeness (QED) is 0.345. The van der Waals surface area contributed by atoms with Crippen LogP contribution in [0.5, 0.6) is 0 Å². The van der Waals surface area contributed by atoms with E-state index in [1.165, 1.54) is 4.90 Å². The maximum absolute atomic E-state index is 12.6. The molecule has 8 nitrogen and oxygen atoms in total. The van der Waals surface area contributed by atoms with Crippen LogP contribution in [0.3, 0.4) is 0 Å². The second-order valence-corrected chi connectivity index (χ2v) is 8.42. The van der Waals surface area contributed by atoms with E-state index in [-0.39, 0.29) is 24.4 Å². The van der Waals surface area contributed by atoms with Crippen LogP contribution in [0.1, 0.15) is 19.3 Å². The van der Waals surface area contributed by atoms with Crippen LogP contribution in [0.4, 0.5) is 0 Å². The number of carboxylic acids is 1. The summed E-state index contributed by atoms with van der Waals surface area (Å²) in [6.07, 6.45) is 1.82. The van der Waals surface area contributed by atoms with Gasteiger partial charge in [0, 0.05) is 0 Å². The summed E-state index contributed by atoms with van der Waals surface area (Å²) in [5.41, 5.74) is 8.48. The number of hydrogen-bond acceptors (Lipinski definition) is 3. The molecule has 0 bridgehead atoms. The topological polar surface area (TPSA) is 118 Å². The summed E-state index contributed by atoms with van der Waals surface area (Å²) in [5, 5.41) is 15.9. The third-order valence-electron chi connectivity index (χ3n) is 3.98. The van der Waals surface area contributed by atoms with Crippen LogP contribution >= 0.6 is 23.3 Å². The van der Waals surface area contributed by atoms with E-state index in [0.717, 1.165) is 15.0 Å². The van der Waals surface area contributed by atoms with Gasteiger partial charge in [-0.2, -0.15) is 0 Å². The molecule has 0 spiro atoms. The SMILES string of the molecule is [N-]=[N+]=NC[C@@H]1C[C@@H]2CC[C@@H](C(=O)O)N2C(=O)[C@@H]1NP=P#P. The zero-order valence-corrected chi connectivity index (χ0v) is 13.7. The minimum absolute atomic E-state index is 0.0687. The molecule has 11 heteroatoms. The van der Waals surface area contributed by atoms with Crippen molar-refractivity contribution in [2.45, 2.75) is 37.4 Å². The van der Waals surface area contributed by atoms with Gasteiger partial charge in [-0.05, 0) is 0 Å². The van der Waals surface area contributed by atoms with E-state index in [9.17, 15) is 14.7 Å². The number of nitrogens with zero attached hydrogens (tertiary/aromatic N) is 4. The first-order chi connectivity index (χ1) is 10.1. The summed E-state index contributed by atoms with van der Waals surface area (Å²) in [5.74, 6) is -1.27. The zero-order valence-electron chi connectivity index (χ0n) is 11.0. The fourth-order valence-corrected chi connectivity index (χ4v) is 4.60. The Hall–Kier alpha value is -0.630. The number of azide groups is 1. The van der Waals surface area contributed by atoms with Gasteiger partial charge in [0.2, 0.25) is 0 Å². The molecule has 2 rings (SSSR count). The Kier molecular flexibility index (Phi) is 6.04. The Morgan fingerprint density at radius 3 is 3.00 bits per heavy atom. The fraction of sp³-hybridized carbons (Fsp3) is 0.800. The van der Waals surface area contributed by atoms with E-state index in [1.807, 2.05) is 0 Å². The van der Waals surface area contributed by atoms with E-state index in [1.54, 1.807) is 0 Å². The van der Waals surface area contributed by atoms with Gasteiger partial charge in [-0.15, -0.1) is 0 Å². The molecule has 4 atom stereocenters. The van der Waals surface area contributed by atoms with E-state index in [4.69, 9.17) is 5.53 Å². The van der Waals surface area contributed by atoms with Crippen molar-refractivity contribution in [3.63, 3.8) is 0 Å². The number of carbonyl (C=O) groups excluding carboxylic acids is 1. The second-order valence-electron chi connectivity index (χ2n) is 5.04. The number of carbonyl (C=O) groups is 2. The van der Waals surface area contributed by atoms with Crippen LogP contribution in [0.2, 0.25) is 0 Å². The molecular weight excluding hydrogens is 331 g/mol. The molecule has 0 aromatic heterocycles. The van der Waals surface area contributed by atoms with Crippen molar-refractivity contribution in [1.82, 2.24) is 9.99 Å². The van der Waals surface area contributed by atoms with Crippen LogP contribution in [0.25, 0.3) is 10.4 Å². The number of carboxylic acid groups (broad SMARTS) is 1. The summed E-state index contributed by atoms with van der Waals surface area (Å²) in [6.45, 7) is 1.01. The molecule has 2 fully saturated rings. The molecule has 1 amide bonds. The first-order valence-corrected chi connectivity index (χ1v) is 10.1. The zero-order chi connectivity index (χ0) is 15.4. The Bertz CT molecular complexity index is 590. The number of amides is 1. The predicted molar refractivity (Wildman–Crippen MR) is 81.1 cm³/mol. The first kappa shape index (κ1) is 16.7. The van der Waals surface area contributed by atoms with Gasteiger partial charge in [0.25, 0.3) is 0 Å². The number of nitrogens with one attached hydrogen (secondary N) is 1. The molecule has 0 aromatic carbocycles. The van der Waals surface area contributed by atoms with Gasteiger partial charge in [0.15, 0.2) is 0 Å². The monoisotopic (exact) mass is 345 g/mol. The number of hydrogen-bond donors (Lipinski definition) is 2. The summed E-state index contributed by atoms with van der Waals surface area (Å²) in [6, 6.07) is -1.33. The van der Waals surface area contributed by atoms with E-state index in [0.29, 0.717) is 19.3 Å². The summed E-state index contributed by atoms with van der Waals surface area (Å²) in [7, 11) is 4.84. The Labute approximate surface area is 126 Å². The molecule has 0 saturated carbocycles. The average molecular weight is 345 g/mol. The molecule has 0 radical (unpaired) electrons. The van der Waals surface area contributed by atoms with Gasteiger partial charge >= 0.3 is 125 Å². The minimum atomic E-state index is -0.956. The van der Waals surface area contributed by atoms with Gasteiger partial charge in [-0.3, -0.25) is 0 Å².